The van der Waals surface area contributed by atoms with Crippen LogP contribution >= 0.6 is 0 Å². The molecule has 3 amide bonds. The number of nitrogen functional groups attached to an aromatic ring is 1. The van der Waals surface area contributed by atoms with Crippen LogP contribution in [0.4, 0.5) is 5.82 Å². The van der Waals surface area contributed by atoms with E-state index in [1.54, 1.807) is 18.3 Å². The first-order chi connectivity index (χ1) is 34.9. The molecule has 0 radical (unpaired) electrons. The average molecular weight is 1030 g/mol. The number of aliphatic hydroxyl groups excluding tert-OH is 10. The number of nitrogens with zero attached hydrogens (tertiary/aromatic N) is 5. The number of hydrogen-bond acceptors (Lipinski definition) is 18. The quantitative estimate of drug-likeness (QED) is 0.0146. The van der Waals surface area contributed by atoms with Crippen LogP contribution < -0.4 is 32.0 Å². The molecule has 9 unspecified atom stereocenters. The normalized spacial score (nSPS) is 15.7. The molecule has 73 heavy (non-hydrogen) atoms. The van der Waals surface area contributed by atoms with Gasteiger partial charge in [-0.15, -0.1) is 0 Å². The van der Waals surface area contributed by atoms with Gasteiger partial charge in [0, 0.05) is 37.5 Å². The van der Waals surface area contributed by atoms with Gasteiger partial charge in [0.05, 0.1) is 44.6 Å². The highest BCUT2D eigenvalue weighted by Gasteiger charge is 2.34. The molecule has 402 valence electrons. The second kappa shape index (κ2) is 28.1. The van der Waals surface area contributed by atoms with Gasteiger partial charge in [-0.3, -0.25) is 19.3 Å². The molecule has 24 nitrogen and oxygen atoms in total. The summed E-state index contributed by atoms with van der Waals surface area (Å²) in [5.41, 5.74) is 17.2. The number of aryl methyl sites for hydroxylation is 4. The lowest BCUT2D eigenvalue weighted by molar-refractivity contribution is -0.676. The fourth-order valence-electron chi connectivity index (χ4n) is 8.72. The highest BCUT2D eigenvalue weighted by Crippen LogP contribution is 2.20. The molecule has 3 aromatic heterocycles. The third-order valence-electron chi connectivity index (χ3n) is 13.0. The first-order valence-corrected chi connectivity index (χ1v) is 24.6. The Kier molecular flexibility index (Phi) is 22.4. The monoisotopic (exact) mass is 1020 g/mol. The van der Waals surface area contributed by atoms with Crippen LogP contribution in [-0.4, -0.2) is 194 Å². The number of H-pyrrole nitrogens is 1. The number of carbonyl (C=O) groups excluding carboxylic acids is 3. The maximum atomic E-state index is 13.3. The Morgan fingerprint density at radius 3 is 1.96 bits per heavy atom. The van der Waals surface area contributed by atoms with Crippen LogP contribution in [0.15, 0.2) is 54.7 Å². The second-order valence-electron chi connectivity index (χ2n) is 18.1. The summed E-state index contributed by atoms with van der Waals surface area (Å²) in [6.45, 7) is 3.64. The molecule has 0 saturated heterocycles. The molecule has 3 heterocycles. The van der Waals surface area contributed by atoms with Crippen LogP contribution in [0, 0.1) is 0 Å². The minimum atomic E-state index is -1.91. The number of rotatable bonds is 32. The Balaban J connectivity index is 1.06. The molecule has 5 aromatic rings. The van der Waals surface area contributed by atoms with Crippen molar-refractivity contribution in [3.8, 4) is 0 Å². The number of benzene rings is 2. The molecule has 0 aliphatic rings. The number of amides is 3. The third kappa shape index (κ3) is 15.6. The maximum absolute atomic E-state index is 13.3. The van der Waals surface area contributed by atoms with Gasteiger partial charge in [0.15, 0.2) is 28.2 Å². The summed E-state index contributed by atoms with van der Waals surface area (Å²) >= 11 is 0. The molecule has 24 heteroatoms. The summed E-state index contributed by atoms with van der Waals surface area (Å²) in [4.78, 5) is 51.8. The number of nitrogens with two attached hydrogens (primary N) is 2. The largest absolute Gasteiger partial charge is 0.394 e. The molecule has 9 atom stereocenters. The SMILES string of the molecule is CCn1c(CNC(=O)c2nc3cc[nH]c3nc2N)[n+](CC)c2ccc(C(=O)NCCCCc3ccc(CCC(NCCCN(CC(O)C(O)C(O)C(O)CO)CC(O)C(O)C(O)C(O)CO)C(N)=O)cc3)cc21. The molecule has 0 aliphatic heterocycles. The second-order valence-corrected chi connectivity index (χ2v) is 18.1. The van der Waals surface area contributed by atoms with Gasteiger partial charge in [-0.25, -0.2) is 19.1 Å². The number of hydrogen-bond donors (Lipinski definition) is 16. The Morgan fingerprint density at radius 2 is 1.37 bits per heavy atom. The van der Waals surface area contributed by atoms with E-state index < -0.39 is 93.0 Å². The molecular weight excluding hydrogens is 951 g/mol. The number of anilines is 1. The Bertz CT molecular complexity index is 2510. The number of aromatic amines is 1. The maximum Gasteiger partial charge on any atom is 0.277 e. The molecule has 0 bridgehead atoms. The van der Waals surface area contributed by atoms with Gasteiger partial charge in [-0.2, -0.15) is 0 Å². The van der Waals surface area contributed by atoms with Crippen molar-refractivity contribution in [3.05, 3.63) is 82.9 Å². The molecule has 0 fully saturated rings. The number of fused-ring (bicyclic) bond motifs is 2. The van der Waals surface area contributed by atoms with Crippen LogP contribution in [0.3, 0.4) is 0 Å². The smallest absolute Gasteiger partial charge is 0.277 e. The molecule has 0 saturated carbocycles. The highest BCUT2D eigenvalue weighted by molar-refractivity contribution is 5.98. The van der Waals surface area contributed by atoms with Crippen molar-refractivity contribution in [3.63, 3.8) is 0 Å². The van der Waals surface area contributed by atoms with Crippen molar-refractivity contribution in [1.82, 2.24) is 40.4 Å². The summed E-state index contributed by atoms with van der Waals surface area (Å²) < 4.78 is 4.17. The van der Waals surface area contributed by atoms with E-state index in [0.29, 0.717) is 49.2 Å². The van der Waals surface area contributed by atoms with E-state index in [-0.39, 0.29) is 43.5 Å². The lowest BCUT2D eigenvalue weighted by Crippen LogP contribution is -2.53. The number of nitrogens with one attached hydrogen (secondary N) is 4. The minimum absolute atomic E-state index is 0.0240. The van der Waals surface area contributed by atoms with Crippen LogP contribution in [0.1, 0.15) is 77.3 Å². The first kappa shape index (κ1) is 58.2. The minimum Gasteiger partial charge on any atom is -0.394 e. The van der Waals surface area contributed by atoms with Gasteiger partial charge in [0.1, 0.15) is 48.7 Å². The number of aromatic nitrogens is 5. The zero-order valence-corrected chi connectivity index (χ0v) is 41.3. The number of aliphatic hydroxyl groups is 10. The van der Waals surface area contributed by atoms with Crippen LogP contribution in [0.2, 0.25) is 0 Å². The molecule has 2 aromatic carbocycles. The summed E-state index contributed by atoms with van der Waals surface area (Å²) in [5, 5.41) is 109. The van der Waals surface area contributed by atoms with Crippen molar-refractivity contribution in [2.75, 3.05) is 51.7 Å². The van der Waals surface area contributed by atoms with Gasteiger partial charge >= 0.3 is 0 Å². The fourth-order valence-corrected chi connectivity index (χ4v) is 8.72. The Morgan fingerprint density at radius 1 is 0.753 bits per heavy atom. The zero-order valence-electron chi connectivity index (χ0n) is 41.3. The summed E-state index contributed by atoms with van der Waals surface area (Å²) in [5.74, 6) is -0.344. The van der Waals surface area contributed by atoms with E-state index in [9.17, 15) is 55.2 Å². The van der Waals surface area contributed by atoms with E-state index in [1.165, 1.54) is 4.90 Å². The standard InChI is InChI=1S/C49H73N11O13/c1-3-59-33-16-14-30(22-34(33)60(4-2)39(59)23-55-49(73)40-45(50)57-47-32(56-40)17-20-53-47)48(72)54-18-6-5-8-28-9-11-29(12-10-28)13-15-31(46(51)71)52-19-7-21-58(24-35(63)41(67)43(69)37(65)26-61)25-36(64)42(68)44(70)38(66)27-62/h9-12,14,16-17,20,22,31,35-38,41-44,52,61-70H,3-8,13,15,18-19,21,23-27H2,1-2H3,(H6-,50,51,53,54,55,56,57,71,72,73)/p+1. The summed E-state index contributed by atoms with van der Waals surface area (Å²) in [7, 11) is 0. The van der Waals surface area contributed by atoms with Gasteiger partial charge in [0.25, 0.3) is 17.6 Å². The van der Waals surface area contributed by atoms with Gasteiger partial charge in [-0.05, 0) is 94.8 Å². The lowest BCUT2D eigenvalue weighted by Gasteiger charge is -2.33. The molecule has 0 aliphatic carbocycles. The Hall–Kier alpha value is -5.74. The van der Waals surface area contributed by atoms with E-state index in [0.717, 1.165) is 47.2 Å². The topological polar surface area (TPSA) is 395 Å². The summed E-state index contributed by atoms with van der Waals surface area (Å²) in [6.07, 6.45) is -9.33. The molecule has 0 spiro atoms. The molecule has 5 rings (SSSR count). The highest BCUT2D eigenvalue weighted by atomic mass is 16.4. The van der Waals surface area contributed by atoms with Gasteiger partial charge in [-0.1, -0.05) is 24.3 Å². The van der Waals surface area contributed by atoms with E-state index in [1.807, 2.05) is 50.2 Å². The number of carbonyl (C=O) groups is 3. The van der Waals surface area contributed by atoms with Gasteiger partial charge in [0.2, 0.25) is 5.91 Å². The van der Waals surface area contributed by atoms with Crippen LogP contribution in [-0.2, 0) is 37.3 Å². The number of primary amides is 1. The third-order valence-corrected chi connectivity index (χ3v) is 13.0. The van der Waals surface area contributed by atoms with Crippen LogP contribution in [0.5, 0.6) is 0 Å². The van der Waals surface area contributed by atoms with E-state index in [2.05, 4.69) is 40.0 Å². The van der Waals surface area contributed by atoms with Crippen molar-refractivity contribution in [2.24, 2.45) is 5.73 Å². The van der Waals surface area contributed by atoms with Crippen molar-refractivity contribution < 1.29 is 70.0 Å². The van der Waals surface area contributed by atoms with Crippen LogP contribution in [0.25, 0.3) is 22.2 Å². The van der Waals surface area contributed by atoms with Gasteiger partial charge < -0.3 is 83.5 Å². The first-order valence-electron chi connectivity index (χ1n) is 24.6. The predicted octanol–water partition coefficient (Wildman–Crippen LogP) is -3.56. The average Bonchev–Trinajstić information content (AvgIpc) is 3.98. The van der Waals surface area contributed by atoms with Crippen molar-refractivity contribution in [1.29, 1.82) is 0 Å². The molecular formula is C49H74N11O13+. The Labute approximate surface area is 422 Å². The number of imidazole rings is 1. The summed E-state index contributed by atoms with van der Waals surface area (Å²) in [6, 6.07) is 14.6. The van der Waals surface area contributed by atoms with E-state index in [4.69, 9.17) is 21.7 Å². The van der Waals surface area contributed by atoms with Crippen molar-refractivity contribution >= 4 is 45.7 Å². The molecule has 18 N–H and O–H groups in total. The predicted molar refractivity (Wildman–Crippen MR) is 267 cm³/mol. The van der Waals surface area contributed by atoms with E-state index >= 15 is 0 Å². The number of unbranched alkanes of at least 4 members (excludes halogenated alkanes) is 1. The lowest BCUT2D eigenvalue weighted by atomic mass is 10.0. The van der Waals surface area contributed by atoms with Crippen molar-refractivity contribution in [2.45, 2.75) is 127 Å². The zero-order chi connectivity index (χ0) is 53.4. The fraction of sp³-hybridized carbons (Fsp3) is 0.551.